The lowest BCUT2D eigenvalue weighted by Gasteiger charge is -2.20. The average Bonchev–Trinajstić information content (AvgIpc) is 3.08. The number of rotatable bonds is 5. The Morgan fingerprint density at radius 1 is 1.25 bits per heavy atom. The number of aliphatic hydroxyl groups is 1. The Kier molecular flexibility index (Phi) is 5.96. The molecule has 3 N–H and O–H groups in total. The lowest BCUT2D eigenvalue weighted by Crippen LogP contribution is -2.37. The van der Waals surface area contributed by atoms with Crippen LogP contribution in [0.15, 0.2) is 18.2 Å². The highest BCUT2D eigenvalue weighted by Crippen LogP contribution is 2.37. The van der Waals surface area contributed by atoms with Crippen molar-refractivity contribution in [2.24, 2.45) is 0 Å². The molecule has 114 valence electrons. The molecular formula is C16H29N3O. The van der Waals surface area contributed by atoms with Crippen molar-refractivity contribution in [3.63, 3.8) is 0 Å². The van der Waals surface area contributed by atoms with Crippen LogP contribution in [-0.2, 0) is 6.42 Å². The van der Waals surface area contributed by atoms with Crippen LogP contribution in [0.4, 0.5) is 5.82 Å². The van der Waals surface area contributed by atoms with E-state index in [-0.39, 0.29) is 5.54 Å². The van der Waals surface area contributed by atoms with Gasteiger partial charge in [-0.1, -0.05) is 6.07 Å². The van der Waals surface area contributed by atoms with Gasteiger partial charge in [-0.2, -0.15) is 0 Å². The number of hydrogen-bond donors (Lipinski definition) is 3. The van der Waals surface area contributed by atoms with E-state index < -0.39 is 0 Å². The minimum atomic E-state index is 0.178. The van der Waals surface area contributed by atoms with Gasteiger partial charge in [-0.15, -0.1) is 0 Å². The molecule has 1 aliphatic carbocycles. The molecule has 1 fully saturated rings. The molecule has 1 aromatic rings. The van der Waals surface area contributed by atoms with Crippen molar-refractivity contribution >= 4 is 5.82 Å². The molecule has 0 radical (unpaired) electrons. The molecular weight excluding hydrogens is 250 g/mol. The maximum absolute atomic E-state index is 7.00. The van der Waals surface area contributed by atoms with Crippen LogP contribution < -0.4 is 10.6 Å². The fourth-order valence-corrected chi connectivity index (χ4v) is 1.88. The summed E-state index contributed by atoms with van der Waals surface area (Å²) in [5, 5.41) is 14.0. The topological polar surface area (TPSA) is 57.2 Å². The molecule has 4 heteroatoms. The van der Waals surface area contributed by atoms with Crippen molar-refractivity contribution in [1.29, 1.82) is 0 Å². The van der Waals surface area contributed by atoms with E-state index in [0.717, 1.165) is 31.6 Å². The van der Waals surface area contributed by atoms with Crippen LogP contribution in [-0.4, -0.2) is 34.8 Å². The zero-order chi connectivity index (χ0) is 15.2. The summed E-state index contributed by atoms with van der Waals surface area (Å²) >= 11 is 0. The van der Waals surface area contributed by atoms with E-state index in [1.165, 1.54) is 12.8 Å². The van der Waals surface area contributed by atoms with Crippen LogP contribution in [0.2, 0.25) is 0 Å². The molecule has 1 saturated carbocycles. The van der Waals surface area contributed by atoms with Crippen molar-refractivity contribution in [2.45, 2.75) is 58.0 Å². The van der Waals surface area contributed by atoms with E-state index >= 15 is 0 Å². The zero-order valence-electron chi connectivity index (χ0n) is 13.5. The highest BCUT2D eigenvalue weighted by molar-refractivity contribution is 5.40. The van der Waals surface area contributed by atoms with Crippen molar-refractivity contribution in [3.05, 3.63) is 23.9 Å². The lowest BCUT2D eigenvalue weighted by molar-refractivity contribution is 0.399. The molecule has 0 unspecified atom stereocenters. The Morgan fingerprint density at radius 3 is 2.45 bits per heavy atom. The molecule has 0 saturated heterocycles. The third-order valence-electron chi connectivity index (χ3n) is 3.27. The first-order valence-corrected chi connectivity index (χ1v) is 7.30. The van der Waals surface area contributed by atoms with Crippen LogP contribution in [0, 0.1) is 0 Å². The second kappa shape index (κ2) is 7.04. The van der Waals surface area contributed by atoms with Gasteiger partial charge in [0.2, 0.25) is 0 Å². The van der Waals surface area contributed by atoms with Gasteiger partial charge in [0.05, 0.1) is 0 Å². The molecule has 0 spiro atoms. The van der Waals surface area contributed by atoms with Gasteiger partial charge in [0, 0.05) is 36.8 Å². The van der Waals surface area contributed by atoms with Crippen LogP contribution in [0.3, 0.4) is 0 Å². The van der Waals surface area contributed by atoms with Crippen molar-refractivity contribution < 1.29 is 5.11 Å². The highest BCUT2D eigenvalue weighted by atomic mass is 16.2. The van der Waals surface area contributed by atoms with E-state index in [2.05, 4.69) is 61.5 Å². The maximum Gasteiger partial charge on any atom is 0.126 e. The molecule has 0 amide bonds. The molecule has 0 aromatic carbocycles. The van der Waals surface area contributed by atoms with Crippen molar-refractivity contribution in [1.82, 2.24) is 10.3 Å². The van der Waals surface area contributed by atoms with E-state index in [1.807, 2.05) is 0 Å². The summed E-state index contributed by atoms with van der Waals surface area (Å²) in [6, 6.07) is 6.25. The second-order valence-corrected chi connectivity index (χ2v) is 6.63. The van der Waals surface area contributed by atoms with E-state index in [9.17, 15) is 0 Å². The van der Waals surface area contributed by atoms with Gasteiger partial charge < -0.3 is 15.7 Å². The Morgan fingerprint density at radius 2 is 1.90 bits per heavy atom. The standard InChI is InChI=1S/C15H25N3.CH4O/c1-14(2,3)16-11-8-12-6-5-7-13(17-12)18-15(4)9-10-15;1-2/h5-7,16H,8-11H2,1-4H3,(H,17,18);2H,1H3. The summed E-state index contributed by atoms with van der Waals surface area (Å²) in [4.78, 5) is 4.67. The minimum absolute atomic E-state index is 0.178. The Balaban J connectivity index is 0.000000956. The van der Waals surface area contributed by atoms with Crippen LogP contribution in [0.5, 0.6) is 0 Å². The summed E-state index contributed by atoms with van der Waals surface area (Å²) in [5.74, 6) is 1.02. The molecule has 20 heavy (non-hydrogen) atoms. The predicted molar refractivity (Wildman–Crippen MR) is 85.1 cm³/mol. The smallest absolute Gasteiger partial charge is 0.126 e. The number of nitrogens with one attached hydrogen (secondary N) is 2. The quantitative estimate of drug-likeness (QED) is 0.775. The number of hydrogen-bond acceptors (Lipinski definition) is 4. The van der Waals surface area contributed by atoms with Crippen molar-refractivity contribution in [3.8, 4) is 0 Å². The molecule has 1 aromatic heterocycles. The number of aliphatic hydroxyl groups excluding tert-OH is 1. The molecule has 0 atom stereocenters. The molecule has 1 aliphatic rings. The number of anilines is 1. The van der Waals surface area contributed by atoms with E-state index in [1.54, 1.807) is 0 Å². The summed E-state index contributed by atoms with van der Waals surface area (Å²) in [6.07, 6.45) is 3.48. The number of pyridine rings is 1. The molecule has 1 heterocycles. The van der Waals surface area contributed by atoms with Gasteiger partial charge in [-0.25, -0.2) is 4.98 Å². The average molecular weight is 279 g/mol. The predicted octanol–water partition coefficient (Wildman–Crippen LogP) is 2.59. The third kappa shape index (κ3) is 6.35. The maximum atomic E-state index is 7.00. The van der Waals surface area contributed by atoms with Gasteiger partial charge in [0.1, 0.15) is 5.82 Å². The Labute approximate surface area is 123 Å². The first-order valence-electron chi connectivity index (χ1n) is 7.30. The second-order valence-electron chi connectivity index (χ2n) is 6.63. The number of aromatic nitrogens is 1. The summed E-state index contributed by atoms with van der Waals surface area (Å²) < 4.78 is 0. The molecule has 0 bridgehead atoms. The van der Waals surface area contributed by atoms with Gasteiger partial charge >= 0.3 is 0 Å². The minimum Gasteiger partial charge on any atom is -0.400 e. The molecule has 2 rings (SSSR count). The fraction of sp³-hybridized carbons (Fsp3) is 0.688. The summed E-state index contributed by atoms with van der Waals surface area (Å²) in [6.45, 7) is 9.78. The molecule has 4 nitrogen and oxygen atoms in total. The Hall–Kier alpha value is -1.13. The monoisotopic (exact) mass is 279 g/mol. The van der Waals surface area contributed by atoms with Gasteiger partial charge in [0.15, 0.2) is 0 Å². The summed E-state index contributed by atoms with van der Waals surface area (Å²) in [5.41, 5.74) is 1.63. The van der Waals surface area contributed by atoms with Crippen LogP contribution in [0.1, 0.15) is 46.2 Å². The SMILES string of the molecule is CC(C)(C)NCCc1cccc(NC2(C)CC2)n1.CO. The highest BCUT2D eigenvalue weighted by Gasteiger charge is 2.37. The van der Waals surface area contributed by atoms with Gasteiger partial charge in [0.25, 0.3) is 0 Å². The van der Waals surface area contributed by atoms with Gasteiger partial charge in [-0.3, -0.25) is 0 Å². The first kappa shape index (κ1) is 16.9. The lowest BCUT2D eigenvalue weighted by atomic mass is 10.1. The normalized spacial score (nSPS) is 16.1. The fourth-order valence-electron chi connectivity index (χ4n) is 1.88. The van der Waals surface area contributed by atoms with E-state index in [0.29, 0.717) is 5.54 Å². The van der Waals surface area contributed by atoms with Gasteiger partial charge in [-0.05, 0) is 52.7 Å². The molecule has 0 aliphatic heterocycles. The van der Waals surface area contributed by atoms with E-state index in [4.69, 9.17) is 5.11 Å². The third-order valence-corrected chi connectivity index (χ3v) is 3.27. The van der Waals surface area contributed by atoms with Crippen molar-refractivity contribution in [2.75, 3.05) is 19.0 Å². The first-order chi connectivity index (χ1) is 9.36. The summed E-state index contributed by atoms with van der Waals surface area (Å²) in [7, 11) is 1.00. The zero-order valence-corrected chi connectivity index (χ0v) is 13.5. The Bertz CT molecular complexity index is 408. The van der Waals surface area contributed by atoms with Crippen LogP contribution >= 0.6 is 0 Å². The van der Waals surface area contributed by atoms with Crippen LogP contribution in [0.25, 0.3) is 0 Å². The largest absolute Gasteiger partial charge is 0.400 e. The number of nitrogens with zero attached hydrogens (tertiary/aromatic N) is 1.